The van der Waals surface area contributed by atoms with Crippen LogP contribution in [0.2, 0.25) is 0 Å². The summed E-state index contributed by atoms with van der Waals surface area (Å²) in [5.74, 6) is 1.63. The summed E-state index contributed by atoms with van der Waals surface area (Å²) in [6.45, 7) is 4.92. The van der Waals surface area contributed by atoms with E-state index in [4.69, 9.17) is 9.47 Å². The third-order valence-electron chi connectivity index (χ3n) is 3.62. The summed E-state index contributed by atoms with van der Waals surface area (Å²) in [5, 5.41) is 7.74. The Morgan fingerprint density at radius 3 is 2.52 bits per heavy atom. The standard InChI is InChI=1S/C16H23N3O2/c1-6-19-16(14(21-5)10-18-19)15(17-3)12-9-11(2)7-8-13(12)20-4/h7-10,15,17H,6H2,1-5H3. The molecule has 0 amide bonds. The van der Waals surface area contributed by atoms with Crippen LogP contribution in [0, 0.1) is 6.92 Å². The molecule has 1 atom stereocenters. The van der Waals surface area contributed by atoms with Crippen LogP contribution >= 0.6 is 0 Å². The number of hydrogen-bond acceptors (Lipinski definition) is 4. The van der Waals surface area contributed by atoms with E-state index < -0.39 is 0 Å². The third kappa shape index (κ3) is 2.88. The Kier molecular flexibility index (Phi) is 4.85. The second-order valence-corrected chi connectivity index (χ2v) is 4.88. The van der Waals surface area contributed by atoms with Crippen LogP contribution in [-0.4, -0.2) is 31.0 Å². The van der Waals surface area contributed by atoms with Crippen LogP contribution in [-0.2, 0) is 6.54 Å². The Bertz CT molecular complexity index is 586. The van der Waals surface area contributed by atoms with Gasteiger partial charge in [-0.25, -0.2) is 0 Å². The minimum atomic E-state index is -0.0442. The van der Waals surface area contributed by atoms with E-state index in [1.807, 2.05) is 23.9 Å². The highest BCUT2D eigenvalue weighted by atomic mass is 16.5. The molecule has 1 N–H and O–H groups in total. The Hall–Kier alpha value is -2.01. The van der Waals surface area contributed by atoms with Crippen molar-refractivity contribution < 1.29 is 9.47 Å². The number of hydrogen-bond donors (Lipinski definition) is 1. The lowest BCUT2D eigenvalue weighted by molar-refractivity contribution is 0.391. The van der Waals surface area contributed by atoms with Crippen LogP contribution < -0.4 is 14.8 Å². The van der Waals surface area contributed by atoms with Crippen molar-refractivity contribution >= 4 is 0 Å². The molecule has 0 fully saturated rings. The maximum atomic E-state index is 5.52. The quantitative estimate of drug-likeness (QED) is 0.888. The minimum Gasteiger partial charge on any atom is -0.496 e. The van der Waals surface area contributed by atoms with Gasteiger partial charge in [0.25, 0.3) is 0 Å². The number of nitrogens with one attached hydrogen (secondary N) is 1. The largest absolute Gasteiger partial charge is 0.496 e. The summed E-state index contributed by atoms with van der Waals surface area (Å²) in [5.41, 5.74) is 3.27. The first-order valence-corrected chi connectivity index (χ1v) is 7.07. The van der Waals surface area contributed by atoms with Crippen molar-refractivity contribution in [3.05, 3.63) is 41.2 Å². The molecule has 0 saturated heterocycles. The SMILES string of the molecule is CCn1ncc(OC)c1C(NC)c1cc(C)ccc1OC. The molecule has 1 unspecified atom stereocenters. The topological polar surface area (TPSA) is 48.3 Å². The monoisotopic (exact) mass is 289 g/mol. The first kappa shape index (κ1) is 15.4. The third-order valence-corrected chi connectivity index (χ3v) is 3.62. The van der Waals surface area contributed by atoms with Crippen molar-refractivity contribution in [1.29, 1.82) is 0 Å². The maximum absolute atomic E-state index is 5.52. The van der Waals surface area contributed by atoms with Gasteiger partial charge in [0, 0.05) is 12.1 Å². The van der Waals surface area contributed by atoms with E-state index in [1.165, 1.54) is 5.56 Å². The van der Waals surface area contributed by atoms with E-state index in [1.54, 1.807) is 20.4 Å². The van der Waals surface area contributed by atoms with Gasteiger partial charge in [-0.3, -0.25) is 4.68 Å². The molecule has 0 radical (unpaired) electrons. The first-order chi connectivity index (χ1) is 10.2. The second-order valence-electron chi connectivity index (χ2n) is 4.88. The molecule has 114 valence electrons. The second kappa shape index (κ2) is 6.63. The van der Waals surface area contributed by atoms with Gasteiger partial charge in [-0.2, -0.15) is 5.10 Å². The summed E-state index contributed by atoms with van der Waals surface area (Å²) < 4.78 is 12.9. The van der Waals surface area contributed by atoms with Crippen LogP contribution in [0.4, 0.5) is 0 Å². The molecule has 5 nitrogen and oxygen atoms in total. The molecule has 21 heavy (non-hydrogen) atoms. The Labute approximate surface area is 125 Å². The van der Waals surface area contributed by atoms with Crippen molar-refractivity contribution in [2.24, 2.45) is 0 Å². The van der Waals surface area contributed by atoms with Gasteiger partial charge in [0.1, 0.15) is 11.4 Å². The fraction of sp³-hybridized carbons (Fsp3) is 0.438. The summed E-state index contributed by atoms with van der Waals surface area (Å²) in [7, 11) is 5.29. The lowest BCUT2D eigenvalue weighted by Crippen LogP contribution is -2.22. The zero-order valence-corrected chi connectivity index (χ0v) is 13.3. The molecule has 0 aliphatic heterocycles. The molecule has 0 saturated carbocycles. The minimum absolute atomic E-state index is 0.0442. The number of aryl methyl sites for hydroxylation is 2. The predicted molar refractivity (Wildman–Crippen MR) is 83.1 cm³/mol. The molecule has 2 aromatic rings. The van der Waals surface area contributed by atoms with Gasteiger partial charge < -0.3 is 14.8 Å². The molecule has 1 aromatic carbocycles. The molecular formula is C16H23N3O2. The number of ether oxygens (including phenoxy) is 2. The molecular weight excluding hydrogens is 266 g/mol. The molecule has 1 heterocycles. The van der Waals surface area contributed by atoms with E-state index in [0.717, 1.165) is 29.3 Å². The van der Waals surface area contributed by atoms with E-state index in [0.29, 0.717) is 0 Å². The Morgan fingerprint density at radius 2 is 1.95 bits per heavy atom. The molecule has 2 rings (SSSR count). The summed E-state index contributed by atoms with van der Waals surface area (Å²) in [6, 6.07) is 6.13. The van der Waals surface area contributed by atoms with E-state index >= 15 is 0 Å². The lowest BCUT2D eigenvalue weighted by Gasteiger charge is -2.22. The van der Waals surface area contributed by atoms with Gasteiger partial charge >= 0.3 is 0 Å². The van der Waals surface area contributed by atoms with Crippen molar-refractivity contribution in [3.8, 4) is 11.5 Å². The summed E-state index contributed by atoms with van der Waals surface area (Å²) in [6.07, 6.45) is 1.76. The first-order valence-electron chi connectivity index (χ1n) is 7.07. The van der Waals surface area contributed by atoms with Crippen LogP contribution in [0.15, 0.2) is 24.4 Å². The van der Waals surface area contributed by atoms with Gasteiger partial charge in [-0.15, -0.1) is 0 Å². The molecule has 0 aliphatic carbocycles. The van der Waals surface area contributed by atoms with Crippen LogP contribution in [0.3, 0.4) is 0 Å². The van der Waals surface area contributed by atoms with Gasteiger partial charge in [0.05, 0.1) is 26.5 Å². The number of benzene rings is 1. The van der Waals surface area contributed by atoms with Gasteiger partial charge in [0.2, 0.25) is 0 Å². The molecule has 0 aliphatic rings. The molecule has 1 aromatic heterocycles. The molecule has 0 spiro atoms. The fourth-order valence-corrected chi connectivity index (χ4v) is 2.60. The van der Waals surface area contributed by atoms with Crippen LogP contribution in [0.5, 0.6) is 11.5 Å². The average Bonchev–Trinajstić information content (AvgIpc) is 2.91. The number of methoxy groups -OCH3 is 2. The zero-order chi connectivity index (χ0) is 15.4. The van der Waals surface area contributed by atoms with Crippen molar-refractivity contribution in [2.75, 3.05) is 21.3 Å². The molecule has 5 heteroatoms. The summed E-state index contributed by atoms with van der Waals surface area (Å²) in [4.78, 5) is 0. The number of aromatic nitrogens is 2. The van der Waals surface area contributed by atoms with Gasteiger partial charge in [0.15, 0.2) is 5.75 Å². The highest BCUT2D eigenvalue weighted by Crippen LogP contribution is 2.35. The van der Waals surface area contributed by atoms with E-state index in [2.05, 4.69) is 30.3 Å². The Balaban J connectivity index is 2.59. The van der Waals surface area contributed by atoms with Gasteiger partial charge in [-0.05, 0) is 27.0 Å². The fourth-order valence-electron chi connectivity index (χ4n) is 2.60. The van der Waals surface area contributed by atoms with E-state index in [-0.39, 0.29) is 6.04 Å². The van der Waals surface area contributed by atoms with Crippen LogP contribution in [0.25, 0.3) is 0 Å². The zero-order valence-electron chi connectivity index (χ0n) is 13.3. The number of rotatable bonds is 6. The highest BCUT2D eigenvalue weighted by Gasteiger charge is 2.24. The smallest absolute Gasteiger partial charge is 0.161 e. The van der Waals surface area contributed by atoms with Crippen molar-refractivity contribution in [3.63, 3.8) is 0 Å². The normalized spacial score (nSPS) is 12.2. The predicted octanol–water partition coefficient (Wildman–Crippen LogP) is 2.54. The maximum Gasteiger partial charge on any atom is 0.161 e. The lowest BCUT2D eigenvalue weighted by atomic mass is 10.00. The summed E-state index contributed by atoms with van der Waals surface area (Å²) >= 11 is 0. The van der Waals surface area contributed by atoms with E-state index in [9.17, 15) is 0 Å². The molecule has 0 bridgehead atoms. The Morgan fingerprint density at radius 1 is 1.24 bits per heavy atom. The van der Waals surface area contributed by atoms with Crippen molar-refractivity contribution in [1.82, 2.24) is 15.1 Å². The number of nitrogens with zero attached hydrogens (tertiary/aromatic N) is 2. The van der Waals surface area contributed by atoms with Gasteiger partial charge in [-0.1, -0.05) is 17.7 Å². The highest BCUT2D eigenvalue weighted by molar-refractivity contribution is 5.45. The van der Waals surface area contributed by atoms with Crippen LogP contribution in [0.1, 0.15) is 29.8 Å². The average molecular weight is 289 g/mol. The van der Waals surface area contributed by atoms with Crippen molar-refractivity contribution in [2.45, 2.75) is 26.4 Å².